The maximum absolute atomic E-state index is 12.4. The van der Waals surface area contributed by atoms with Crippen LogP contribution in [0.25, 0.3) is 6.08 Å². The molecule has 5 rings (SSSR count). The van der Waals surface area contributed by atoms with Crippen molar-refractivity contribution in [2.24, 2.45) is 5.10 Å². The predicted octanol–water partition coefficient (Wildman–Crippen LogP) is 7.70. The number of hydrogen-bond donors (Lipinski definition) is 0. The molecular weight excluding hydrogens is 484 g/mol. The van der Waals surface area contributed by atoms with E-state index in [0.717, 1.165) is 33.4 Å². The van der Waals surface area contributed by atoms with Crippen LogP contribution in [0.3, 0.4) is 0 Å². The fraction of sp³-hybridized carbons (Fsp3) is 0.0667. The van der Waals surface area contributed by atoms with Crippen molar-refractivity contribution in [3.63, 3.8) is 0 Å². The maximum Gasteiger partial charge on any atom is 0.185 e. The smallest absolute Gasteiger partial charge is 0.185 e. The first-order valence-electron chi connectivity index (χ1n) is 11.2. The van der Waals surface area contributed by atoms with Crippen LogP contribution in [0.5, 0.6) is 0 Å². The van der Waals surface area contributed by atoms with Crippen molar-refractivity contribution >= 4 is 39.2 Å². The number of anilines is 1. The molecule has 1 unspecified atom stereocenters. The molecule has 1 aliphatic rings. The van der Waals surface area contributed by atoms with Crippen LogP contribution in [0.1, 0.15) is 39.5 Å². The summed E-state index contributed by atoms with van der Waals surface area (Å²) in [5.74, 6) is -0.0130. The third-order valence-corrected chi connectivity index (χ3v) is 6.44. The van der Waals surface area contributed by atoms with E-state index in [0.29, 0.717) is 5.56 Å². The lowest BCUT2D eigenvalue weighted by Gasteiger charge is -2.23. The Labute approximate surface area is 208 Å². The number of para-hydroxylation sites is 1. The van der Waals surface area contributed by atoms with E-state index in [-0.39, 0.29) is 11.8 Å². The molecule has 1 atom stereocenters. The molecule has 0 bridgehead atoms. The molecule has 0 saturated heterocycles. The molecule has 0 radical (unpaired) electrons. The van der Waals surface area contributed by atoms with Gasteiger partial charge in [0, 0.05) is 16.5 Å². The zero-order chi connectivity index (χ0) is 23.3. The van der Waals surface area contributed by atoms with Crippen molar-refractivity contribution in [2.45, 2.75) is 12.5 Å². The van der Waals surface area contributed by atoms with Crippen LogP contribution < -0.4 is 5.01 Å². The van der Waals surface area contributed by atoms with Crippen LogP contribution in [0.15, 0.2) is 125 Å². The van der Waals surface area contributed by atoms with E-state index in [1.807, 2.05) is 66.7 Å². The van der Waals surface area contributed by atoms with Gasteiger partial charge in [0.25, 0.3) is 0 Å². The van der Waals surface area contributed by atoms with Gasteiger partial charge in [0.15, 0.2) is 5.78 Å². The molecular formula is C30H23BrN2O. The summed E-state index contributed by atoms with van der Waals surface area (Å²) < 4.78 is 0.957. The van der Waals surface area contributed by atoms with E-state index in [1.165, 1.54) is 5.56 Å². The van der Waals surface area contributed by atoms with Crippen molar-refractivity contribution in [2.75, 3.05) is 5.01 Å². The Kier molecular flexibility index (Phi) is 6.50. The van der Waals surface area contributed by atoms with Crippen LogP contribution in [-0.2, 0) is 0 Å². The number of allylic oxidation sites excluding steroid dienone is 1. The van der Waals surface area contributed by atoms with Crippen LogP contribution >= 0.6 is 15.9 Å². The number of benzene rings is 4. The van der Waals surface area contributed by atoms with Crippen molar-refractivity contribution < 1.29 is 4.79 Å². The number of hydrazone groups is 1. The molecule has 0 amide bonds. The molecule has 1 aliphatic heterocycles. The molecule has 166 valence electrons. The zero-order valence-corrected chi connectivity index (χ0v) is 20.1. The minimum Gasteiger partial charge on any atom is -0.289 e. The molecule has 1 heterocycles. The summed E-state index contributed by atoms with van der Waals surface area (Å²) in [5.41, 5.74) is 6.13. The Bertz CT molecular complexity index is 1330. The number of carbonyl (C=O) groups is 1. The second-order valence-corrected chi connectivity index (χ2v) is 9.10. The number of ketones is 1. The summed E-state index contributed by atoms with van der Waals surface area (Å²) in [6.45, 7) is 0. The predicted molar refractivity (Wildman–Crippen MR) is 143 cm³/mol. The van der Waals surface area contributed by atoms with Gasteiger partial charge in [-0.05, 0) is 59.2 Å². The molecule has 34 heavy (non-hydrogen) atoms. The van der Waals surface area contributed by atoms with Crippen LogP contribution in [0.2, 0.25) is 0 Å². The highest BCUT2D eigenvalue weighted by Crippen LogP contribution is 2.36. The molecule has 0 saturated carbocycles. The van der Waals surface area contributed by atoms with E-state index >= 15 is 0 Å². The topological polar surface area (TPSA) is 32.7 Å². The van der Waals surface area contributed by atoms with E-state index in [9.17, 15) is 4.79 Å². The lowest BCUT2D eigenvalue weighted by molar-refractivity contribution is 0.104. The molecule has 4 aromatic carbocycles. The second kappa shape index (κ2) is 10.0. The molecule has 0 aromatic heterocycles. The Balaban J connectivity index is 1.36. The Hall–Kier alpha value is -3.76. The summed E-state index contributed by atoms with van der Waals surface area (Å²) in [5, 5.41) is 7.13. The van der Waals surface area contributed by atoms with Crippen LogP contribution in [0.4, 0.5) is 5.69 Å². The highest BCUT2D eigenvalue weighted by atomic mass is 79.9. The van der Waals surface area contributed by atoms with E-state index in [2.05, 4.69) is 69.5 Å². The SMILES string of the molecule is O=C(C=Cc1ccc(C2=NN(c3ccccc3)C(c3ccccc3)C2)cc1)c1ccc(Br)cc1. The number of hydrogen-bond acceptors (Lipinski definition) is 3. The molecule has 0 spiro atoms. The van der Waals surface area contributed by atoms with Gasteiger partial charge in [-0.25, -0.2) is 0 Å². The first kappa shape index (κ1) is 22.1. The van der Waals surface area contributed by atoms with Gasteiger partial charge in [-0.15, -0.1) is 0 Å². The van der Waals surface area contributed by atoms with E-state index < -0.39 is 0 Å². The summed E-state index contributed by atoms with van der Waals surface area (Å²) in [4.78, 5) is 12.4. The normalized spacial score (nSPS) is 15.5. The van der Waals surface area contributed by atoms with Gasteiger partial charge in [0.2, 0.25) is 0 Å². The Morgan fingerprint density at radius 1 is 0.824 bits per heavy atom. The van der Waals surface area contributed by atoms with E-state index in [4.69, 9.17) is 5.10 Å². The third-order valence-electron chi connectivity index (χ3n) is 5.92. The maximum atomic E-state index is 12.4. The zero-order valence-electron chi connectivity index (χ0n) is 18.5. The largest absolute Gasteiger partial charge is 0.289 e. The fourth-order valence-corrected chi connectivity index (χ4v) is 4.37. The molecule has 0 aliphatic carbocycles. The van der Waals surface area contributed by atoms with Crippen molar-refractivity contribution in [1.82, 2.24) is 0 Å². The fourth-order valence-electron chi connectivity index (χ4n) is 4.11. The van der Waals surface area contributed by atoms with Crippen LogP contribution in [-0.4, -0.2) is 11.5 Å². The number of rotatable bonds is 6. The van der Waals surface area contributed by atoms with Gasteiger partial charge in [-0.2, -0.15) is 5.10 Å². The summed E-state index contributed by atoms with van der Waals surface area (Å²) in [7, 11) is 0. The van der Waals surface area contributed by atoms with Gasteiger partial charge in [0.05, 0.1) is 17.4 Å². The molecule has 4 heteroatoms. The first-order chi connectivity index (χ1) is 16.7. The van der Waals surface area contributed by atoms with Gasteiger partial charge in [-0.1, -0.05) is 94.8 Å². The van der Waals surface area contributed by atoms with Crippen molar-refractivity contribution in [3.8, 4) is 0 Å². The Morgan fingerprint density at radius 2 is 1.47 bits per heavy atom. The van der Waals surface area contributed by atoms with Crippen molar-refractivity contribution in [1.29, 1.82) is 0 Å². The minimum atomic E-state index is -0.0130. The summed E-state index contributed by atoms with van der Waals surface area (Å²) in [6, 6.07) is 36.6. The number of carbonyl (C=O) groups excluding carboxylic acids is 1. The quantitative estimate of drug-likeness (QED) is 0.198. The molecule has 0 N–H and O–H groups in total. The van der Waals surface area contributed by atoms with E-state index in [1.54, 1.807) is 6.08 Å². The molecule has 4 aromatic rings. The number of nitrogens with zero attached hydrogens (tertiary/aromatic N) is 2. The minimum absolute atomic E-state index is 0.0130. The van der Waals surface area contributed by atoms with Crippen molar-refractivity contribution in [3.05, 3.63) is 142 Å². The molecule has 3 nitrogen and oxygen atoms in total. The second-order valence-electron chi connectivity index (χ2n) is 8.18. The molecule has 0 fully saturated rings. The highest BCUT2D eigenvalue weighted by Gasteiger charge is 2.29. The lowest BCUT2D eigenvalue weighted by atomic mass is 9.97. The van der Waals surface area contributed by atoms with Gasteiger partial charge in [-0.3, -0.25) is 9.80 Å². The van der Waals surface area contributed by atoms with Gasteiger partial charge < -0.3 is 0 Å². The van der Waals surface area contributed by atoms with Crippen LogP contribution in [0, 0.1) is 0 Å². The average Bonchev–Trinajstić information content (AvgIpc) is 3.35. The summed E-state index contributed by atoms with van der Waals surface area (Å²) in [6.07, 6.45) is 4.30. The average molecular weight is 507 g/mol. The Morgan fingerprint density at radius 3 is 2.15 bits per heavy atom. The monoisotopic (exact) mass is 506 g/mol. The van der Waals surface area contributed by atoms with Gasteiger partial charge in [0.1, 0.15) is 0 Å². The highest BCUT2D eigenvalue weighted by molar-refractivity contribution is 9.10. The van der Waals surface area contributed by atoms with Gasteiger partial charge >= 0.3 is 0 Å². The number of halogens is 1. The first-order valence-corrected chi connectivity index (χ1v) is 12.0. The lowest BCUT2D eigenvalue weighted by Crippen LogP contribution is -2.18. The standard InChI is InChI=1S/C30H23BrN2O/c31-26-18-16-25(17-19-26)30(34)20-13-22-11-14-23(15-12-22)28-21-29(24-7-3-1-4-8-24)33(32-28)27-9-5-2-6-10-27/h1-20,29H,21H2. The third kappa shape index (κ3) is 4.92. The summed E-state index contributed by atoms with van der Waals surface area (Å²) >= 11 is 3.40.